The third-order valence-electron chi connectivity index (χ3n) is 4.66. The van der Waals surface area contributed by atoms with Crippen molar-refractivity contribution >= 4 is 34.8 Å². The number of carbonyl (C=O) groups excluding carboxylic acids is 1. The molecule has 0 spiro atoms. The van der Waals surface area contributed by atoms with E-state index in [0.29, 0.717) is 55.9 Å². The van der Waals surface area contributed by atoms with Gasteiger partial charge in [-0.25, -0.2) is 9.18 Å². The van der Waals surface area contributed by atoms with E-state index in [1.165, 1.54) is 11.0 Å². The molecule has 2 fully saturated rings. The maximum Gasteiger partial charge on any atom is 0.414 e. The Kier molecular flexibility index (Phi) is 6.87. The Hall–Kier alpha value is -2.17. The lowest BCUT2D eigenvalue weighted by Crippen LogP contribution is -2.53. The van der Waals surface area contributed by atoms with Crippen molar-refractivity contribution in [3.63, 3.8) is 0 Å². The number of carbonyl (C=O) groups is 1. The van der Waals surface area contributed by atoms with E-state index >= 15 is 0 Å². The number of hydrogen-bond acceptors (Lipinski definition) is 6. The van der Waals surface area contributed by atoms with Crippen LogP contribution < -0.4 is 20.4 Å². The number of amides is 1. The third-order valence-corrected chi connectivity index (χ3v) is 5.01. The smallest absolute Gasteiger partial charge is 0.414 e. The summed E-state index contributed by atoms with van der Waals surface area (Å²) in [6.45, 7) is 3.05. The van der Waals surface area contributed by atoms with Gasteiger partial charge in [-0.1, -0.05) is 0 Å². The number of cyclic esters (lactones) is 1. The molecular weight excluding hydrogens is 387 g/mol. The highest BCUT2D eigenvalue weighted by Crippen LogP contribution is 2.30. The van der Waals surface area contributed by atoms with Gasteiger partial charge >= 0.3 is 6.09 Å². The summed E-state index contributed by atoms with van der Waals surface area (Å²) >= 11 is 5.01. The monoisotopic (exact) mass is 412 g/mol. The van der Waals surface area contributed by atoms with Gasteiger partial charge in [-0.05, 0) is 30.4 Å². The summed E-state index contributed by atoms with van der Waals surface area (Å²) < 4.78 is 30.5. The average Bonchev–Trinajstić information content (AvgIpc) is 3.03. The highest BCUT2D eigenvalue weighted by molar-refractivity contribution is 7.80. The Morgan fingerprint density at radius 3 is 2.82 bits per heavy atom. The van der Waals surface area contributed by atoms with Gasteiger partial charge in [0.05, 0.1) is 43.8 Å². The molecule has 3 rings (SSSR count). The molecule has 2 aliphatic heterocycles. The van der Waals surface area contributed by atoms with Crippen LogP contribution in [-0.2, 0) is 14.2 Å². The molecule has 1 aromatic rings. The standard InChI is InChI=1S/C18H25FN4O4S/c1-20-17(28)21-8-13-11-23(18(24)27-13)12-3-4-16(15(19)7-12)22-9-14(10-22)26-6-5-25-2/h3-4,7,13-14H,5-6,8-11H2,1-2H3,(H2,20,21,28)/t13-/m0/s1. The van der Waals surface area contributed by atoms with Crippen molar-refractivity contribution in [1.29, 1.82) is 0 Å². The van der Waals surface area contributed by atoms with Gasteiger partial charge in [0.15, 0.2) is 5.11 Å². The van der Waals surface area contributed by atoms with E-state index in [-0.39, 0.29) is 18.0 Å². The van der Waals surface area contributed by atoms with Crippen molar-refractivity contribution in [3.05, 3.63) is 24.0 Å². The molecule has 0 bridgehead atoms. The zero-order valence-corrected chi connectivity index (χ0v) is 16.8. The Morgan fingerprint density at radius 1 is 1.36 bits per heavy atom. The molecule has 2 aliphatic rings. The number of thiocarbonyl (C=S) groups is 1. The molecule has 1 atom stereocenters. The summed E-state index contributed by atoms with van der Waals surface area (Å²) in [7, 11) is 3.33. The summed E-state index contributed by atoms with van der Waals surface area (Å²) in [6, 6.07) is 4.78. The summed E-state index contributed by atoms with van der Waals surface area (Å²) in [5.41, 5.74) is 0.971. The second-order valence-electron chi connectivity index (χ2n) is 6.60. The van der Waals surface area contributed by atoms with E-state index in [2.05, 4.69) is 10.6 Å². The van der Waals surface area contributed by atoms with Gasteiger partial charge in [0.1, 0.15) is 11.9 Å². The molecule has 1 amide bonds. The van der Waals surface area contributed by atoms with Crippen molar-refractivity contribution in [3.8, 4) is 0 Å². The minimum Gasteiger partial charge on any atom is -0.442 e. The van der Waals surface area contributed by atoms with Crippen LogP contribution in [0.1, 0.15) is 0 Å². The lowest BCUT2D eigenvalue weighted by Gasteiger charge is -2.40. The number of rotatable bonds is 8. The zero-order valence-electron chi connectivity index (χ0n) is 15.9. The zero-order chi connectivity index (χ0) is 20.1. The summed E-state index contributed by atoms with van der Waals surface area (Å²) in [5, 5.41) is 6.22. The molecule has 0 saturated carbocycles. The number of nitrogens with zero attached hydrogens (tertiary/aromatic N) is 2. The molecule has 8 nitrogen and oxygen atoms in total. The highest BCUT2D eigenvalue weighted by Gasteiger charge is 2.34. The van der Waals surface area contributed by atoms with Crippen LogP contribution in [0.4, 0.5) is 20.6 Å². The van der Waals surface area contributed by atoms with Crippen LogP contribution in [0.25, 0.3) is 0 Å². The SMILES string of the molecule is CNC(=S)NC[C@H]1CN(c2ccc(N3CC(OCCOC)C3)c(F)c2)C(=O)O1. The van der Waals surface area contributed by atoms with E-state index in [1.807, 2.05) is 4.90 Å². The molecule has 28 heavy (non-hydrogen) atoms. The normalized spacial score (nSPS) is 19.4. The molecule has 2 N–H and O–H groups in total. The first kappa shape index (κ1) is 20.6. The molecule has 0 aromatic heterocycles. The molecule has 10 heteroatoms. The van der Waals surface area contributed by atoms with Gasteiger partial charge in [-0.15, -0.1) is 0 Å². The van der Waals surface area contributed by atoms with E-state index in [4.69, 9.17) is 26.4 Å². The number of methoxy groups -OCH3 is 1. The Balaban J connectivity index is 1.54. The summed E-state index contributed by atoms with van der Waals surface area (Å²) in [6.07, 6.45) is -0.772. The predicted molar refractivity (Wildman–Crippen MR) is 108 cm³/mol. The van der Waals surface area contributed by atoms with Crippen LogP contribution in [0.3, 0.4) is 0 Å². The summed E-state index contributed by atoms with van der Waals surface area (Å²) in [4.78, 5) is 15.5. The van der Waals surface area contributed by atoms with Gasteiger partial charge in [-0.2, -0.15) is 0 Å². The first-order valence-electron chi connectivity index (χ1n) is 9.10. The lowest BCUT2D eigenvalue weighted by molar-refractivity contribution is 0.00381. The van der Waals surface area contributed by atoms with Crippen LogP contribution in [0, 0.1) is 5.82 Å². The maximum absolute atomic E-state index is 14.6. The van der Waals surface area contributed by atoms with Crippen molar-refractivity contribution < 1.29 is 23.4 Å². The van der Waals surface area contributed by atoms with Gasteiger partial charge in [0.2, 0.25) is 0 Å². The molecule has 0 radical (unpaired) electrons. The van der Waals surface area contributed by atoms with Crippen LogP contribution in [0.15, 0.2) is 18.2 Å². The maximum atomic E-state index is 14.6. The quantitative estimate of drug-likeness (QED) is 0.486. The fourth-order valence-electron chi connectivity index (χ4n) is 3.09. The fraction of sp³-hybridized carbons (Fsp3) is 0.556. The van der Waals surface area contributed by atoms with Crippen LogP contribution in [0.5, 0.6) is 0 Å². The highest BCUT2D eigenvalue weighted by atomic mass is 32.1. The second kappa shape index (κ2) is 9.35. The lowest BCUT2D eigenvalue weighted by atomic mass is 10.1. The van der Waals surface area contributed by atoms with Gasteiger partial charge in [-0.3, -0.25) is 4.90 Å². The van der Waals surface area contributed by atoms with Crippen molar-refractivity contribution in [1.82, 2.24) is 10.6 Å². The summed E-state index contributed by atoms with van der Waals surface area (Å²) in [5.74, 6) is -0.376. The minimum atomic E-state index is -0.495. The molecule has 2 saturated heterocycles. The van der Waals surface area contributed by atoms with Crippen LogP contribution in [0.2, 0.25) is 0 Å². The number of benzene rings is 1. The number of hydrogen-bond donors (Lipinski definition) is 2. The minimum absolute atomic E-state index is 0.0831. The Morgan fingerprint density at radius 2 is 2.14 bits per heavy atom. The van der Waals surface area contributed by atoms with Gasteiger partial charge in [0.25, 0.3) is 0 Å². The van der Waals surface area contributed by atoms with Gasteiger partial charge < -0.3 is 29.7 Å². The van der Waals surface area contributed by atoms with Crippen molar-refractivity contribution in [2.75, 3.05) is 63.4 Å². The number of anilines is 2. The average molecular weight is 412 g/mol. The van der Waals surface area contributed by atoms with E-state index in [1.54, 1.807) is 26.3 Å². The first-order chi connectivity index (χ1) is 13.5. The molecule has 0 unspecified atom stereocenters. The van der Waals surface area contributed by atoms with E-state index in [9.17, 15) is 9.18 Å². The molecule has 154 valence electrons. The molecule has 2 heterocycles. The number of ether oxygens (including phenoxy) is 3. The molecule has 0 aliphatic carbocycles. The predicted octanol–water partition coefficient (Wildman–Crippen LogP) is 1.10. The van der Waals surface area contributed by atoms with Gasteiger partial charge in [0, 0.05) is 27.2 Å². The number of nitrogens with one attached hydrogen (secondary N) is 2. The van der Waals surface area contributed by atoms with E-state index in [0.717, 1.165) is 0 Å². The van der Waals surface area contributed by atoms with E-state index < -0.39 is 6.09 Å². The topological polar surface area (TPSA) is 75.3 Å². The number of halogens is 1. The Labute approximate surface area is 168 Å². The van der Waals surface area contributed by atoms with Crippen LogP contribution >= 0.6 is 12.2 Å². The molecule has 1 aromatic carbocycles. The first-order valence-corrected chi connectivity index (χ1v) is 9.51. The van der Waals surface area contributed by atoms with Crippen LogP contribution in [-0.4, -0.2) is 77.0 Å². The largest absolute Gasteiger partial charge is 0.442 e. The molecular formula is C18H25FN4O4S. The Bertz CT molecular complexity index is 717. The van der Waals surface area contributed by atoms with Crippen molar-refractivity contribution in [2.45, 2.75) is 12.2 Å². The fourth-order valence-corrected chi connectivity index (χ4v) is 3.18. The third kappa shape index (κ3) is 4.81. The van der Waals surface area contributed by atoms with Crippen molar-refractivity contribution in [2.24, 2.45) is 0 Å². The second-order valence-corrected chi connectivity index (χ2v) is 7.01.